The zero-order chi connectivity index (χ0) is 13.6. The number of fused-ring (bicyclic) bond motifs is 1. The number of rotatable bonds is 2. The monoisotopic (exact) mass is 439 g/mol. The van der Waals surface area contributed by atoms with E-state index in [2.05, 4.69) is 31.0 Å². The van der Waals surface area contributed by atoms with Crippen molar-refractivity contribution in [1.29, 1.82) is 0 Å². The van der Waals surface area contributed by atoms with E-state index in [0.717, 1.165) is 11.3 Å². The topological polar surface area (TPSA) is 103 Å². The Bertz CT molecular complexity index is 859. The highest BCUT2D eigenvalue weighted by atomic mass is 79.9. The van der Waals surface area contributed by atoms with Crippen LogP contribution in [0.3, 0.4) is 0 Å². The minimum absolute atomic E-state index is 0. The Labute approximate surface area is 136 Å². The van der Waals surface area contributed by atoms with Crippen LogP contribution in [0, 0.1) is 0 Å². The van der Waals surface area contributed by atoms with Gasteiger partial charge in [-0.2, -0.15) is 4.52 Å². The molecule has 2 N–H and O–H groups in total. The Morgan fingerprint density at radius 1 is 1.35 bits per heavy atom. The van der Waals surface area contributed by atoms with Crippen LogP contribution >= 0.6 is 44.2 Å². The number of primary sulfonamides is 1. The van der Waals surface area contributed by atoms with E-state index in [1.165, 1.54) is 4.52 Å². The molecule has 0 saturated carbocycles. The van der Waals surface area contributed by atoms with Gasteiger partial charge in [-0.1, -0.05) is 17.4 Å². The summed E-state index contributed by atoms with van der Waals surface area (Å²) in [6.07, 6.45) is 1.63. The van der Waals surface area contributed by atoms with Crippen LogP contribution < -0.4 is 5.14 Å². The summed E-state index contributed by atoms with van der Waals surface area (Å²) in [6.45, 7) is 0. The maximum atomic E-state index is 11.3. The Morgan fingerprint density at radius 3 is 2.70 bits per heavy atom. The maximum Gasteiger partial charge on any atom is 0.267 e. The highest BCUT2D eigenvalue weighted by Gasteiger charge is 2.21. The second-order valence-corrected chi connectivity index (χ2v) is 7.02. The molecule has 0 radical (unpaired) electrons. The van der Waals surface area contributed by atoms with Crippen LogP contribution in [0.5, 0.6) is 0 Å². The molecule has 0 unspecified atom stereocenters. The molecule has 0 aliphatic heterocycles. The number of pyridine rings is 1. The number of sulfonamides is 1. The molecular weight excluding hydrogens is 434 g/mol. The molecule has 0 amide bonds. The second kappa shape index (κ2) is 5.48. The van der Waals surface area contributed by atoms with Crippen molar-refractivity contribution in [3.05, 3.63) is 29.0 Å². The molecular formula is C9H7Br2N5O2S2. The lowest BCUT2D eigenvalue weighted by atomic mass is 10.3. The van der Waals surface area contributed by atoms with E-state index >= 15 is 0 Å². The fraction of sp³-hybridized carbons (Fsp3) is 0. The SMILES string of the molecule is Br.NS(=O)(=O)c1nn2c(-c3ccccn3)c(Br)nc2s1. The molecule has 0 bridgehead atoms. The third-order valence-corrected chi connectivity index (χ3v) is 5.06. The Hall–Kier alpha value is -0.880. The molecule has 0 aliphatic rings. The molecule has 0 saturated heterocycles. The summed E-state index contributed by atoms with van der Waals surface area (Å²) in [5.74, 6) is 0. The van der Waals surface area contributed by atoms with Crippen molar-refractivity contribution in [2.45, 2.75) is 4.34 Å². The second-order valence-electron chi connectivity index (χ2n) is 3.57. The lowest BCUT2D eigenvalue weighted by molar-refractivity contribution is 0.595. The molecule has 0 atom stereocenters. The lowest BCUT2D eigenvalue weighted by Crippen LogP contribution is -2.12. The zero-order valence-corrected chi connectivity index (χ0v) is 14.5. The summed E-state index contributed by atoms with van der Waals surface area (Å²) in [5, 5.41) is 9.03. The van der Waals surface area contributed by atoms with Crippen molar-refractivity contribution in [1.82, 2.24) is 19.6 Å². The first-order valence-corrected chi connectivity index (χ1v) is 8.11. The van der Waals surface area contributed by atoms with Gasteiger partial charge in [-0.3, -0.25) is 4.98 Å². The molecule has 3 aromatic rings. The van der Waals surface area contributed by atoms with Gasteiger partial charge in [-0.15, -0.1) is 22.1 Å². The van der Waals surface area contributed by atoms with Crippen LogP contribution in [0.2, 0.25) is 0 Å². The van der Waals surface area contributed by atoms with E-state index in [4.69, 9.17) is 5.14 Å². The van der Waals surface area contributed by atoms with Gasteiger partial charge in [0.25, 0.3) is 10.0 Å². The number of nitrogens with two attached hydrogens (primary N) is 1. The quantitative estimate of drug-likeness (QED) is 0.654. The molecule has 11 heteroatoms. The number of hydrogen-bond donors (Lipinski definition) is 1. The fourth-order valence-corrected chi connectivity index (χ4v) is 3.71. The van der Waals surface area contributed by atoms with Gasteiger partial charge in [0, 0.05) is 6.20 Å². The van der Waals surface area contributed by atoms with Crippen LogP contribution in [0.15, 0.2) is 33.3 Å². The van der Waals surface area contributed by atoms with Crippen molar-refractivity contribution in [3.8, 4) is 11.4 Å². The zero-order valence-electron chi connectivity index (χ0n) is 9.59. The summed E-state index contributed by atoms with van der Waals surface area (Å²) >= 11 is 4.22. The molecule has 0 aromatic carbocycles. The van der Waals surface area contributed by atoms with Gasteiger partial charge in [-0.05, 0) is 28.1 Å². The predicted molar refractivity (Wildman–Crippen MR) is 83.5 cm³/mol. The third kappa shape index (κ3) is 2.63. The molecule has 7 nitrogen and oxygen atoms in total. The van der Waals surface area contributed by atoms with Gasteiger partial charge in [0.2, 0.25) is 9.30 Å². The predicted octanol–water partition coefficient (Wildman–Crippen LogP) is 1.84. The van der Waals surface area contributed by atoms with Crippen molar-refractivity contribution in [3.63, 3.8) is 0 Å². The fourth-order valence-electron chi connectivity index (χ4n) is 1.54. The Kier molecular flexibility index (Phi) is 4.25. The average molecular weight is 441 g/mol. The van der Waals surface area contributed by atoms with Crippen molar-refractivity contribution >= 4 is 59.2 Å². The van der Waals surface area contributed by atoms with Crippen LogP contribution in [-0.2, 0) is 10.0 Å². The average Bonchev–Trinajstić information content (AvgIpc) is 2.86. The van der Waals surface area contributed by atoms with Crippen molar-refractivity contribution < 1.29 is 8.42 Å². The van der Waals surface area contributed by atoms with E-state index in [-0.39, 0.29) is 21.3 Å². The first-order valence-electron chi connectivity index (χ1n) is 4.96. The summed E-state index contributed by atoms with van der Waals surface area (Å²) in [5.41, 5.74) is 1.22. The van der Waals surface area contributed by atoms with E-state index in [1.54, 1.807) is 18.3 Å². The summed E-state index contributed by atoms with van der Waals surface area (Å²) in [4.78, 5) is 8.82. The highest BCUT2D eigenvalue weighted by Crippen LogP contribution is 2.30. The van der Waals surface area contributed by atoms with E-state index < -0.39 is 10.0 Å². The summed E-state index contributed by atoms with van der Waals surface area (Å²) in [6, 6.07) is 5.39. The third-order valence-electron chi connectivity index (χ3n) is 2.29. The van der Waals surface area contributed by atoms with E-state index in [1.807, 2.05) is 6.07 Å². The van der Waals surface area contributed by atoms with Gasteiger partial charge in [0.05, 0.1) is 5.69 Å². The maximum absolute atomic E-state index is 11.3. The van der Waals surface area contributed by atoms with Gasteiger partial charge < -0.3 is 0 Å². The van der Waals surface area contributed by atoms with Gasteiger partial charge in [0.1, 0.15) is 10.3 Å². The molecule has 3 rings (SSSR count). The van der Waals surface area contributed by atoms with E-state index in [0.29, 0.717) is 21.0 Å². The Balaban J connectivity index is 0.00000147. The van der Waals surface area contributed by atoms with E-state index in [9.17, 15) is 8.42 Å². The van der Waals surface area contributed by atoms with Crippen LogP contribution in [0.25, 0.3) is 16.3 Å². The molecule has 0 fully saturated rings. The summed E-state index contributed by atoms with van der Waals surface area (Å²) < 4.78 is 24.4. The molecule has 106 valence electrons. The lowest BCUT2D eigenvalue weighted by Gasteiger charge is -1.97. The molecule has 0 aliphatic carbocycles. The number of imidazole rings is 1. The minimum Gasteiger partial charge on any atom is -0.255 e. The number of hydrogen-bond acceptors (Lipinski definition) is 6. The Morgan fingerprint density at radius 2 is 2.10 bits per heavy atom. The number of nitrogens with zero attached hydrogens (tertiary/aromatic N) is 4. The van der Waals surface area contributed by atoms with Crippen molar-refractivity contribution in [2.75, 3.05) is 0 Å². The smallest absolute Gasteiger partial charge is 0.255 e. The van der Waals surface area contributed by atoms with Gasteiger partial charge >= 0.3 is 0 Å². The summed E-state index contributed by atoms with van der Waals surface area (Å²) in [7, 11) is -3.84. The van der Waals surface area contributed by atoms with Crippen LogP contribution in [0.1, 0.15) is 0 Å². The highest BCUT2D eigenvalue weighted by molar-refractivity contribution is 9.10. The van der Waals surface area contributed by atoms with Crippen LogP contribution in [0.4, 0.5) is 0 Å². The van der Waals surface area contributed by atoms with Crippen molar-refractivity contribution in [2.24, 2.45) is 5.14 Å². The van der Waals surface area contributed by atoms with Gasteiger partial charge in [0.15, 0.2) is 0 Å². The molecule has 3 aromatic heterocycles. The van der Waals surface area contributed by atoms with Crippen LogP contribution in [-0.4, -0.2) is 28.0 Å². The van der Waals surface area contributed by atoms with Gasteiger partial charge in [-0.25, -0.2) is 18.5 Å². The molecule has 20 heavy (non-hydrogen) atoms. The first kappa shape index (κ1) is 15.5. The first-order chi connectivity index (χ1) is 8.97. The standard InChI is InChI=1S/C9H6BrN5O2S2.BrH/c10-7-6(5-3-1-2-4-12-5)15-8(13-7)18-9(14-15)19(11,16)17;/h1-4H,(H2,11,16,17);1H. The molecule has 0 spiro atoms. The normalized spacial score (nSPS) is 11.5. The minimum atomic E-state index is -3.84. The number of halogens is 2. The number of aromatic nitrogens is 4. The largest absolute Gasteiger partial charge is 0.267 e. The molecule has 3 heterocycles.